The van der Waals surface area contributed by atoms with E-state index in [1.165, 1.54) is 0 Å². The Hall–Kier alpha value is -0.990. The van der Waals surface area contributed by atoms with E-state index in [9.17, 15) is 4.79 Å². The smallest absolute Gasteiger partial charge is 0.129 e. The summed E-state index contributed by atoms with van der Waals surface area (Å²) in [6, 6.07) is 0. The summed E-state index contributed by atoms with van der Waals surface area (Å²) in [5, 5.41) is 2.93. The zero-order valence-electron chi connectivity index (χ0n) is 7.73. The van der Waals surface area contributed by atoms with Crippen molar-refractivity contribution in [2.45, 2.75) is 32.6 Å². The Morgan fingerprint density at radius 3 is 2.58 bits per heavy atom. The van der Waals surface area contributed by atoms with Crippen LogP contribution in [0, 0.1) is 0 Å². The van der Waals surface area contributed by atoms with Gasteiger partial charge < -0.3 is 15.8 Å². The number of hydrogen-bond donors (Lipinski definition) is 2. The van der Waals surface area contributed by atoms with Crippen molar-refractivity contribution in [3.63, 3.8) is 0 Å². The third kappa shape index (κ3) is 9.01. The second kappa shape index (κ2) is 6.70. The highest BCUT2D eigenvalue weighted by Crippen LogP contribution is 1.99. The molecule has 0 aliphatic carbocycles. The largest absolute Gasteiger partial charge is 0.386 e. The number of nitrogens with two attached hydrogens (primary N) is 1. The van der Waals surface area contributed by atoms with Crippen molar-refractivity contribution in [2.24, 2.45) is 5.73 Å². The van der Waals surface area contributed by atoms with Gasteiger partial charge in [0.25, 0.3) is 0 Å². The Morgan fingerprint density at radius 2 is 2.08 bits per heavy atom. The minimum absolute atomic E-state index is 0.270. The first-order valence-electron chi connectivity index (χ1n) is 4.30. The third-order valence-corrected chi connectivity index (χ3v) is 1.56. The number of Topliss-reactive ketones (excluding diaryl/α,β-unsaturated/α-hetero) is 1. The summed E-state index contributed by atoms with van der Waals surface area (Å²) < 4.78 is 0. The normalized spacial score (nSPS) is 9.42. The van der Waals surface area contributed by atoms with Crippen molar-refractivity contribution in [2.75, 3.05) is 6.54 Å². The van der Waals surface area contributed by atoms with Gasteiger partial charge in [-0.3, -0.25) is 0 Å². The minimum atomic E-state index is 0.270. The molecule has 0 rings (SSSR count). The van der Waals surface area contributed by atoms with Crippen molar-refractivity contribution < 1.29 is 4.79 Å². The lowest BCUT2D eigenvalue weighted by atomic mass is 10.1. The fraction of sp³-hybridized carbons (Fsp3) is 0.667. The molecule has 0 aromatic heterocycles. The van der Waals surface area contributed by atoms with E-state index in [2.05, 4.69) is 11.9 Å². The summed E-state index contributed by atoms with van der Waals surface area (Å²) in [6.45, 7) is 5.99. The maximum absolute atomic E-state index is 10.5. The standard InChI is InChI=1S/C9H18N2O/c1-8(12)6-4-3-5-7-11-9(2)10/h11H,2-7,10H2,1H3. The van der Waals surface area contributed by atoms with Crippen molar-refractivity contribution in [1.82, 2.24) is 5.32 Å². The first-order chi connectivity index (χ1) is 5.63. The van der Waals surface area contributed by atoms with Gasteiger partial charge in [0.1, 0.15) is 5.78 Å². The zero-order chi connectivity index (χ0) is 9.40. The molecule has 0 saturated carbocycles. The molecule has 0 aliphatic heterocycles. The molecule has 0 unspecified atom stereocenters. The van der Waals surface area contributed by atoms with Crippen molar-refractivity contribution in [3.8, 4) is 0 Å². The number of unbranched alkanes of at least 4 members (excludes halogenated alkanes) is 2. The van der Waals surface area contributed by atoms with Gasteiger partial charge in [0.2, 0.25) is 0 Å². The topological polar surface area (TPSA) is 55.1 Å². The van der Waals surface area contributed by atoms with Crippen LogP contribution in [0.3, 0.4) is 0 Å². The summed E-state index contributed by atoms with van der Waals surface area (Å²) >= 11 is 0. The molecule has 70 valence electrons. The molecule has 0 saturated heterocycles. The van der Waals surface area contributed by atoms with Crippen LogP contribution in [-0.4, -0.2) is 12.3 Å². The predicted molar refractivity (Wildman–Crippen MR) is 50.5 cm³/mol. The van der Waals surface area contributed by atoms with Gasteiger partial charge in [0.05, 0.1) is 5.82 Å². The van der Waals surface area contributed by atoms with Gasteiger partial charge in [-0.2, -0.15) is 0 Å². The average molecular weight is 170 g/mol. The number of nitrogens with one attached hydrogen (secondary N) is 1. The molecule has 3 nitrogen and oxygen atoms in total. The van der Waals surface area contributed by atoms with Crippen LogP contribution in [-0.2, 0) is 4.79 Å². The van der Waals surface area contributed by atoms with Crippen molar-refractivity contribution in [1.29, 1.82) is 0 Å². The van der Waals surface area contributed by atoms with E-state index in [-0.39, 0.29) is 5.78 Å². The van der Waals surface area contributed by atoms with Crippen molar-refractivity contribution in [3.05, 3.63) is 12.4 Å². The first-order valence-corrected chi connectivity index (χ1v) is 4.30. The number of carbonyl (C=O) groups is 1. The van der Waals surface area contributed by atoms with Crippen LogP contribution >= 0.6 is 0 Å². The fourth-order valence-corrected chi connectivity index (χ4v) is 0.925. The van der Waals surface area contributed by atoms with Gasteiger partial charge in [0.15, 0.2) is 0 Å². The Kier molecular flexibility index (Phi) is 6.15. The lowest BCUT2D eigenvalue weighted by molar-refractivity contribution is -0.117. The highest BCUT2D eigenvalue weighted by atomic mass is 16.1. The lowest BCUT2D eigenvalue weighted by Crippen LogP contribution is -2.19. The zero-order valence-corrected chi connectivity index (χ0v) is 7.73. The van der Waals surface area contributed by atoms with Gasteiger partial charge in [-0.25, -0.2) is 0 Å². The van der Waals surface area contributed by atoms with Gasteiger partial charge in [-0.15, -0.1) is 0 Å². The molecular formula is C9H18N2O. The highest BCUT2D eigenvalue weighted by molar-refractivity contribution is 5.75. The Bertz CT molecular complexity index is 137. The summed E-state index contributed by atoms with van der Waals surface area (Å²) in [5.41, 5.74) is 5.30. The average Bonchev–Trinajstić information content (AvgIpc) is 1.95. The van der Waals surface area contributed by atoms with Crippen LogP contribution in [0.2, 0.25) is 0 Å². The van der Waals surface area contributed by atoms with Crippen molar-refractivity contribution >= 4 is 5.78 Å². The number of carbonyl (C=O) groups excluding carboxylic acids is 1. The molecule has 0 bridgehead atoms. The molecule has 0 heterocycles. The van der Waals surface area contributed by atoms with E-state index in [4.69, 9.17) is 5.73 Å². The molecule has 0 radical (unpaired) electrons. The molecule has 0 aliphatic rings. The molecular weight excluding hydrogens is 152 g/mol. The number of rotatable bonds is 7. The quantitative estimate of drug-likeness (QED) is 0.564. The lowest BCUT2D eigenvalue weighted by Gasteiger charge is -2.03. The van der Waals surface area contributed by atoms with Crippen LogP contribution in [0.5, 0.6) is 0 Å². The van der Waals surface area contributed by atoms with Gasteiger partial charge in [-0.05, 0) is 19.8 Å². The summed E-state index contributed by atoms with van der Waals surface area (Å²) in [4.78, 5) is 10.5. The van der Waals surface area contributed by atoms with E-state index in [0.717, 1.165) is 25.8 Å². The molecule has 0 spiro atoms. The van der Waals surface area contributed by atoms with E-state index < -0.39 is 0 Å². The van der Waals surface area contributed by atoms with E-state index in [1.54, 1.807) is 6.92 Å². The van der Waals surface area contributed by atoms with E-state index in [0.29, 0.717) is 12.2 Å². The number of ketones is 1. The van der Waals surface area contributed by atoms with Crippen LogP contribution in [0.25, 0.3) is 0 Å². The van der Waals surface area contributed by atoms with E-state index in [1.807, 2.05) is 0 Å². The van der Waals surface area contributed by atoms with Gasteiger partial charge in [0, 0.05) is 13.0 Å². The monoisotopic (exact) mass is 170 g/mol. The molecule has 12 heavy (non-hydrogen) atoms. The molecule has 3 N–H and O–H groups in total. The Balaban J connectivity index is 3.01. The summed E-state index contributed by atoms with van der Waals surface area (Å²) in [7, 11) is 0. The maximum atomic E-state index is 10.5. The molecule has 0 amide bonds. The van der Waals surface area contributed by atoms with Gasteiger partial charge in [-0.1, -0.05) is 13.0 Å². The Labute approximate surface area is 74.0 Å². The fourth-order valence-electron chi connectivity index (χ4n) is 0.925. The predicted octanol–water partition coefficient (Wildman–Crippen LogP) is 1.16. The first kappa shape index (κ1) is 11.0. The van der Waals surface area contributed by atoms with Crippen LogP contribution in [0.1, 0.15) is 32.6 Å². The summed E-state index contributed by atoms with van der Waals surface area (Å²) in [5.74, 6) is 0.785. The second-order valence-corrected chi connectivity index (χ2v) is 2.96. The molecule has 0 aromatic carbocycles. The minimum Gasteiger partial charge on any atom is -0.386 e. The van der Waals surface area contributed by atoms with Gasteiger partial charge >= 0.3 is 0 Å². The summed E-state index contributed by atoms with van der Waals surface area (Å²) in [6.07, 6.45) is 3.79. The maximum Gasteiger partial charge on any atom is 0.129 e. The van der Waals surface area contributed by atoms with E-state index >= 15 is 0 Å². The molecule has 0 atom stereocenters. The SMILES string of the molecule is C=C(N)NCCCCCC(C)=O. The highest BCUT2D eigenvalue weighted by Gasteiger charge is 1.93. The molecule has 3 heteroatoms. The van der Waals surface area contributed by atoms with Crippen LogP contribution in [0.4, 0.5) is 0 Å². The number of hydrogen-bond acceptors (Lipinski definition) is 3. The third-order valence-electron chi connectivity index (χ3n) is 1.56. The molecule has 0 fully saturated rings. The Morgan fingerprint density at radius 1 is 1.42 bits per heavy atom. The van der Waals surface area contributed by atoms with Crippen LogP contribution in [0.15, 0.2) is 12.4 Å². The molecule has 0 aromatic rings. The van der Waals surface area contributed by atoms with Crippen LogP contribution < -0.4 is 11.1 Å². The second-order valence-electron chi connectivity index (χ2n) is 2.96.